The predicted octanol–water partition coefficient (Wildman–Crippen LogP) is 6.70. The average Bonchev–Trinajstić information content (AvgIpc) is 2.87. The van der Waals surface area contributed by atoms with E-state index in [1.807, 2.05) is 64.2 Å². The third-order valence-electron chi connectivity index (χ3n) is 6.43. The monoisotopic (exact) mass is 531 g/mol. The summed E-state index contributed by atoms with van der Waals surface area (Å²) < 4.78 is 11.2. The molecule has 2 aromatic carbocycles. The Hall–Kier alpha value is -3.91. The van der Waals surface area contributed by atoms with Crippen molar-refractivity contribution in [3.8, 4) is 16.9 Å². The molecular formula is C29H30ClN5O3. The zero-order valence-electron chi connectivity index (χ0n) is 22.1. The summed E-state index contributed by atoms with van der Waals surface area (Å²) in [4.78, 5) is 27.9. The molecule has 1 N–H and O–H groups in total. The van der Waals surface area contributed by atoms with E-state index in [9.17, 15) is 4.79 Å². The van der Waals surface area contributed by atoms with Crippen molar-refractivity contribution in [2.75, 3.05) is 19.0 Å². The summed E-state index contributed by atoms with van der Waals surface area (Å²) >= 11 is 6.60. The molecule has 0 radical (unpaired) electrons. The second kappa shape index (κ2) is 10.1. The Kier molecular flexibility index (Phi) is 6.84. The molecule has 0 unspecified atom stereocenters. The van der Waals surface area contributed by atoms with E-state index in [0.717, 1.165) is 33.2 Å². The van der Waals surface area contributed by atoms with Gasteiger partial charge in [0.15, 0.2) is 0 Å². The number of pyridine rings is 1. The number of fused-ring (bicyclic) bond motifs is 2. The Labute approximate surface area is 227 Å². The highest BCUT2D eigenvalue weighted by molar-refractivity contribution is 6.35. The zero-order chi connectivity index (χ0) is 27.0. The van der Waals surface area contributed by atoms with E-state index in [1.165, 1.54) is 0 Å². The molecule has 0 spiro atoms. The molecule has 0 saturated carbocycles. The standard InChI is InChI=1S/C29H30ClN5O3/c1-17-6-8-31-14-21(17)19-10-23(30)22-15-32-27(33-24(22)11-19)34-25-12-20-16-35(28(36)38-29(2,3)4)9-7-18(20)13-26(25)37-5/h6,8,10-15H,7,9,16H2,1-5H3,(H,32,33,34). The number of hydrogen-bond donors (Lipinski definition) is 1. The number of carbonyl (C=O) groups excluding carboxylic acids is 1. The van der Waals surface area contributed by atoms with Gasteiger partial charge in [-0.05, 0) is 86.7 Å². The molecule has 4 aromatic rings. The van der Waals surface area contributed by atoms with E-state index in [0.29, 0.717) is 47.4 Å². The molecule has 0 saturated heterocycles. The summed E-state index contributed by atoms with van der Waals surface area (Å²) in [6.07, 6.45) is 5.70. The molecule has 1 amide bonds. The van der Waals surface area contributed by atoms with E-state index in [-0.39, 0.29) is 6.09 Å². The van der Waals surface area contributed by atoms with Gasteiger partial charge in [0.25, 0.3) is 0 Å². The molecule has 196 valence electrons. The molecule has 0 atom stereocenters. The highest BCUT2D eigenvalue weighted by atomic mass is 35.5. The Morgan fingerprint density at radius 2 is 1.95 bits per heavy atom. The van der Waals surface area contributed by atoms with Crippen LogP contribution in [0, 0.1) is 6.92 Å². The number of methoxy groups -OCH3 is 1. The van der Waals surface area contributed by atoms with Gasteiger partial charge in [0.05, 0.1) is 23.3 Å². The third-order valence-corrected chi connectivity index (χ3v) is 6.74. The molecule has 3 heterocycles. The van der Waals surface area contributed by atoms with Gasteiger partial charge < -0.3 is 19.7 Å². The molecular weight excluding hydrogens is 502 g/mol. The summed E-state index contributed by atoms with van der Waals surface area (Å²) in [7, 11) is 1.63. The number of benzene rings is 2. The normalized spacial score (nSPS) is 13.3. The van der Waals surface area contributed by atoms with Gasteiger partial charge in [-0.1, -0.05) is 11.6 Å². The van der Waals surface area contributed by atoms with Crippen LogP contribution in [0.4, 0.5) is 16.4 Å². The highest BCUT2D eigenvalue weighted by Crippen LogP contribution is 2.35. The molecule has 9 heteroatoms. The molecule has 38 heavy (non-hydrogen) atoms. The van der Waals surface area contributed by atoms with Gasteiger partial charge in [-0.3, -0.25) is 4.98 Å². The van der Waals surface area contributed by atoms with Crippen LogP contribution in [0.3, 0.4) is 0 Å². The number of carbonyl (C=O) groups is 1. The van der Waals surface area contributed by atoms with E-state index in [1.54, 1.807) is 24.4 Å². The first-order chi connectivity index (χ1) is 18.1. The van der Waals surface area contributed by atoms with Crippen molar-refractivity contribution >= 4 is 40.2 Å². The summed E-state index contributed by atoms with van der Waals surface area (Å²) in [5.74, 6) is 1.09. The maximum Gasteiger partial charge on any atom is 0.410 e. The van der Waals surface area contributed by atoms with Crippen molar-refractivity contribution in [3.05, 3.63) is 70.6 Å². The predicted molar refractivity (Wildman–Crippen MR) is 149 cm³/mol. The maximum atomic E-state index is 12.7. The second-order valence-electron chi connectivity index (χ2n) is 10.4. The van der Waals surface area contributed by atoms with Crippen molar-refractivity contribution in [1.29, 1.82) is 0 Å². The quantitative estimate of drug-likeness (QED) is 0.313. The number of rotatable bonds is 4. The molecule has 0 aliphatic carbocycles. The van der Waals surface area contributed by atoms with Gasteiger partial charge in [0.2, 0.25) is 5.95 Å². The van der Waals surface area contributed by atoms with Gasteiger partial charge in [-0.15, -0.1) is 0 Å². The van der Waals surface area contributed by atoms with Crippen LogP contribution < -0.4 is 10.1 Å². The Balaban J connectivity index is 1.46. The fourth-order valence-corrected chi connectivity index (χ4v) is 4.79. The van der Waals surface area contributed by atoms with Crippen LogP contribution in [0.25, 0.3) is 22.0 Å². The van der Waals surface area contributed by atoms with Gasteiger partial charge >= 0.3 is 6.09 Å². The minimum absolute atomic E-state index is 0.317. The lowest BCUT2D eigenvalue weighted by Gasteiger charge is -2.31. The van der Waals surface area contributed by atoms with Crippen LogP contribution in [0.1, 0.15) is 37.5 Å². The molecule has 0 bridgehead atoms. The number of aryl methyl sites for hydroxylation is 1. The SMILES string of the molecule is COc1cc2c(cc1Nc1ncc3c(Cl)cc(-c4cnccc4C)cc3n1)CN(C(=O)OC(C)(C)C)CC2. The number of aromatic nitrogens is 3. The first-order valence-corrected chi connectivity index (χ1v) is 12.8. The lowest BCUT2D eigenvalue weighted by atomic mass is 9.98. The molecule has 1 aliphatic rings. The number of nitrogens with one attached hydrogen (secondary N) is 1. The Morgan fingerprint density at radius 3 is 2.68 bits per heavy atom. The van der Waals surface area contributed by atoms with E-state index >= 15 is 0 Å². The molecule has 8 nitrogen and oxygen atoms in total. The lowest BCUT2D eigenvalue weighted by Crippen LogP contribution is -2.39. The highest BCUT2D eigenvalue weighted by Gasteiger charge is 2.27. The number of hydrogen-bond acceptors (Lipinski definition) is 7. The van der Waals surface area contributed by atoms with Crippen LogP contribution in [-0.4, -0.2) is 45.2 Å². The van der Waals surface area contributed by atoms with E-state index < -0.39 is 5.60 Å². The van der Waals surface area contributed by atoms with Gasteiger partial charge in [0.1, 0.15) is 11.4 Å². The first kappa shape index (κ1) is 25.7. The lowest BCUT2D eigenvalue weighted by molar-refractivity contribution is 0.0224. The van der Waals surface area contributed by atoms with Crippen LogP contribution in [0.2, 0.25) is 5.02 Å². The van der Waals surface area contributed by atoms with Crippen molar-refractivity contribution in [3.63, 3.8) is 0 Å². The molecule has 2 aromatic heterocycles. The van der Waals surface area contributed by atoms with Crippen LogP contribution in [0.15, 0.2) is 48.9 Å². The number of ether oxygens (including phenoxy) is 2. The van der Waals surface area contributed by atoms with Crippen LogP contribution in [-0.2, 0) is 17.7 Å². The number of nitrogens with zero attached hydrogens (tertiary/aromatic N) is 4. The summed E-state index contributed by atoms with van der Waals surface area (Å²) in [6, 6.07) is 9.85. The van der Waals surface area contributed by atoms with Crippen molar-refractivity contribution < 1.29 is 14.3 Å². The Bertz CT molecular complexity index is 1530. The third kappa shape index (κ3) is 5.36. The fourth-order valence-electron chi connectivity index (χ4n) is 4.53. The molecule has 0 fully saturated rings. The zero-order valence-corrected chi connectivity index (χ0v) is 22.9. The largest absolute Gasteiger partial charge is 0.495 e. The topological polar surface area (TPSA) is 89.5 Å². The number of anilines is 2. The van der Waals surface area contributed by atoms with Crippen LogP contribution >= 0.6 is 11.6 Å². The van der Waals surface area contributed by atoms with Crippen LogP contribution in [0.5, 0.6) is 5.75 Å². The Morgan fingerprint density at radius 1 is 1.13 bits per heavy atom. The molecule has 1 aliphatic heterocycles. The van der Waals surface area contributed by atoms with E-state index in [4.69, 9.17) is 26.1 Å². The van der Waals surface area contributed by atoms with Crippen molar-refractivity contribution in [2.45, 2.75) is 46.3 Å². The second-order valence-corrected chi connectivity index (χ2v) is 10.8. The molecule has 5 rings (SSSR count). The van der Waals surface area contributed by atoms with Gasteiger partial charge in [-0.2, -0.15) is 0 Å². The minimum Gasteiger partial charge on any atom is -0.495 e. The smallest absolute Gasteiger partial charge is 0.410 e. The van der Waals surface area contributed by atoms with E-state index in [2.05, 4.69) is 15.3 Å². The van der Waals surface area contributed by atoms with Crippen molar-refractivity contribution in [1.82, 2.24) is 19.9 Å². The number of amides is 1. The summed E-state index contributed by atoms with van der Waals surface area (Å²) in [6.45, 7) is 8.68. The maximum absolute atomic E-state index is 12.7. The summed E-state index contributed by atoms with van der Waals surface area (Å²) in [5, 5.41) is 4.63. The number of halogens is 1. The first-order valence-electron chi connectivity index (χ1n) is 12.4. The van der Waals surface area contributed by atoms with Gasteiger partial charge in [-0.25, -0.2) is 14.8 Å². The minimum atomic E-state index is -0.546. The fraction of sp³-hybridized carbons (Fsp3) is 0.310. The van der Waals surface area contributed by atoms with Crippen molar-refractivity contribution in [2.24, 2.45) is 0 Å². The summed E-state index contributed by atoms with van der Waals surface area (Å²) in [5.41, 5.74) is 6.06. The average molecular weight is 532 g/mol. The van der Waals surface area contributed by atoms with Gasteiger partial charge in [0, 0.05) is 42.6 Å².